The van der Waals surface area contributed by atoms with E-state index >= 15 is 0 Å². The number of methoxy groups -OCH3 is 1. The van der Waals surface area contributed by atoms with Gasteiger partial charge in [-0.15, -0.1) is 0 Å². The van der Waals surface area contributed by atoms with Crippen LogP contribution in [0.4, 0.5) is 16.2 Å². The number of aryl methyl sites for hydroxylation is 1. The van der Waals surface area contributed by atoms with Gasteiger partial charge in [0.2, 0.25) is 15.9 Å². The molecule has 12 nitrogen and oxygen atoms in total. The molecule has 46 heavy (non-hydrogen) atoms. The zero-order valence-corrected chi connectivity index (χ0v) is 26.9. The number of alkyl carbamates (subject to hydrolysis) is 1. The fourth-order valence-electron chi connectivity index (χ4n) is 4.79. The molecule has 0 heterocycles. The summed E-state index contributed by atoms with van der Waals surface area (Å²) < 4.78 is 33.7. The highest BCUT2D eigenvalue weighted by Crippen LogP contribution is 2.26. The first-order valence-electron chi connectivity index (χ1n) is 14.4. The van der Waals surface area contributed by atoms with Gasteiger partial charge in [-0.3, -0.25) is 4.79 Å². The quantitative estimate of drug-likeness (QED) is 0.0978. The number of nitrogens with two attached hydrogens (primary N) is 2. The van der Waals surface area contributed by atoms with Crippen molar-refractivity contribution in [2.45, 2.75) is 42.7 Å². The van der Waals surface area contributed by atoms with Gasteiger partial charge in [-0.25, -0.2) is 13.2 Å². The highest BCUT2D eigenvalue weighted by molar-refractivity contribution is 7.89. The van der Waals surface area contributed by atoms with Crippen molar-refractivity contribution >= 4 is 51.2 Å². The van der Waals surface area contributed by atoms with E-state index < -0.39 is 34.1 Å². The molecule has 2 atom stereocenters. The third kappa shape index (κ3) is 9.78. The van der Waals surface area contributed by atoms with Crippen LogP contribution in [-0.2, 0) is 32.4 Å². The molecule has 14 heteroatoms. The zero-order chi connectivity index (χ0) is 33.7. The van der Waals surface area contributed by atoms with Gasteiger partial charge >= 0.3 is 6.09 Å². The predicted octanol–water partition coefficient (Wildman–Crippen LogP) is 3.69. The molecular formula is C32H39ClN6O6S. The van der Waals surface area contributed by atoms with Crippen LogP contribution in [0.25, 0.3) is 0 Å². The molecule has 3 aromatic carbocycles. The maximum atomic E-state index is 13.9. The first-order chi connectivity index (χ1) is 22.0. The molecule has 0 radical (unpaired) electrons. The molecule has 0 aliphatic rings. The minimum atomic E-state index is -4.11. The lowest BCUT2D eigenvalue weighted by atomic mass is 10.0. The Morgan fingerprint density at radius 3 is 2.30 bits per heavy atom. The lowest BCUT2D eigenvalue weighted by Gasteiger charge is -2.31. The van der Waals surface area contributed by atoms with Crippen LogP contribution in [0.1, 0.15) is 24.0 Å². The van der Waals surface area contributed by atoms with Crippen molar-refractivity contribution in [2.24, 2.45) is 5.73 Å². The molecule has 3 aromatic rings. The lowest BCUT2D eigenvalue weighted by Crippen LogP contribution is -2.45. The highest BCUT2D eigenvalue weighted by atomic mass is 35.5. The van der Waals surface area contributed by atoms with Gasteiger partial charge in [-0.2, -0.15) is 4.31 Å². The number of rotatable bonds is 16. The van der Waals surface area contributed by atoms with Gasteiger partial charge in [0.1, 0.15) is 6.04 Å². The molecule has 0 aromatic heterocycles. The van der Waals surface area contributed by atoms with Crippen molar-refractivity contribution in [3.05, 3.63) is 101 Å². The number of aliphatic hydroxyl groups is 1. The second-order valence-electron chi connectivity index (χ2n) is 10.3. The Balaban J connectivity index is 1.89. The monoisotopic (exact) mass is 670 g/mol. The van der Waals surface area contributed by atoms with Crippen molar-refractivity contribution in [1.82, 2.24) is 9.62 Å². The molecule has 0 unspecified atom stereocenters. The Kier molecular flexibility index (Phi) is 13.6. The first-order valence-corrected chi connectivity index (χ1v) is 16.2. The molecule has 8 N–H and O–H groups in total. The van der Waals surface area contributed by atoms with E-state index in [1.54, 1.807) is 48.5 Å². The number of ether oxygens (including phenoxy) is 1. The maximum Gasteiger partial charge on any atom is 0.407 e. The van der Waals surface area contributed by atoms with E-state index in [4.69, 9.17) is 33.2 Å². The number of hydrogen-bond donors (Lipinski definition) is 6. The third-order valence-corrected chi connectivity index (χ3v) is 9.57. The first kappa shape index (κ1) is 36.0. The number of hydrogen-bond acceptors (Lipinski definition) is 9. The summed E-state index contributed by atoms with van der Waals surface area (Å²) in [5.41, 5.74) is 13.9. The second-order valence-corrected chi connectivity index (χ2v) is 12.6. The summed E-state index contributed by atoms with van der Waals surface area (Å²) in [7, 11) is -2.91. The number of aliphatic hydroxyl groups excluding tert-OH is 1. The van der Waals surface area contributed by atoms with Gasteiger partial charge in [0, 0.05) is 53.8 Å². The molecule has 0 saturated heterocycles. The predicted molar refractivity (Wildman–Crippen MR) is 179 cm³/mol. The van der Waals surface area contributed by atoms with Crippen molar-refractivity contribution in [1.29, 1.82) is 5.41 Å². The molecule has 0 saturated carbocycles. The van der Waals surface area contributed by atoms with Crippen LogP contribution in [0.3, 0.4) is 0 Å². The Bertz CT molecular complexity index is 1630. The number of carbonyl (C=O) groups excluding carboxylic acids is 2. The Morgan fingerprint density at radius 2 is 1.70 bits per heavy atom. The van der Waals surface area contributed by atoms with Gasteiger partial charge in [-0.05, 0) is 73.0 Å². The Morgan fingerprint density at radius 1 is 1.04 bits per heavy atom. The van der Waals surface area contributed by atoms with Crippen LogP contribution in [0.2, 0.25) is 5.02 Å². The number of nitrogens with one attached hydrogen (secondary N) is 3. The number of amides is 2. The molecule has 0 bridgehead atoms. The number of carbonyl (C=O) groups is 2. The van der Waals surface area contributed by atoms with Crippen LogP contribution in [0.5, 0.6) is 0 Å². The van der Waals surface area contributed by atoms with Crippen LogP contribution in [-0.4, -0.2) is 68.4 Å². The van der Waals surface area contributed by atoms with E-state index in [-0.39, 0.29) is 42.9 Å². The number of halogens is 1. The normalized spacial score (nSPS) is 13.1. The van der Waals surface area contributed by atoms with Gasteiger partial charge in [0.15, 0.2) is 0 Å². The molecule has 0 aliphatic heterocycles. The number of nitrogens with zero attached hydrogens (tertiary/aromatic N) is 1. The Hall–Kier alpha value is -4.43. The van der Waals surface area contributed by atoms with E-state index in [9.17, 15) is 23.1 Å². The van der Waals surface area contributed by atoms with Crippen LogP contribution >= 0.6 is 11.6 Å². The number of sulfonamides is 1. The summed E-state index contributed by atoms with van der Waals surface area (Å²) in [6.07, 6.45) is 2.12. The molecule has 0 fully saturated rings. The Labute approximate surface area is 273 Å². The van der Waals surface area contributed by atoms with Gasteiger partial charge < -0.3 is 37.4 Å². The summed E-state index contributed by atoms with van der Waals surface area (Å²) in [5.74, 6) is -0.513. The minimum absolute atomic E-state index is 0.00122. The van der Waals surface area contributed by atoms with Crippen molar-refractivity contribution in [2.75, 3.05) is 31.3 Å². The SMILES string of the molecule is COC(=O)N[C@@H](Cc1ccccc1Cl)C(=O)Nc1ccccc1CC[C@@H](CCO)N(C/C(C=N)=C/N)S(=O)(=O)c1ccc(N)cc1. The summed E-state index contributed by atoms with van der Waals surface area (Å²) in [4.78, 5) is 25.6. The van der Waals surface area contributed by atoms with E-state index in [1.807, 2.05) is 0 Å². The lowest BCUT2D eigenvalue weighted by molar-refractivity contribution is -0.118. The van der Waals surface area contributed by atoms with Crippen LogP contribution in [0.15, 0.2) is 89.5 Å². The average molecular weight is 671 g/mol. The summed E-state index contributed by atoms with van der Waals surface area (Å²) >= 11 is 6.31. The number of anilines is 2. The molecule has 0 aliphatic carbocycles. The largest absolute Gasteiger partial charge is 0.453 e. The fraction of sp³-hybridized carbons (Fsp3) is 0.281. The maximum absolute atomic E-state index is 13.9. The molecule has 246 valence electrons. The molecular weight excluding hydrogens is 632 g/mol. The number of benzene rings is 3. The standard InChI is InChI=1S/C32H39ClN6O6S/c1-45-32(42)38-30(18-24-7-2-4-8-28(24)33)31(41)37-29-9-5-3-6-23(29)10-13-26(16-17-40)39(21-22(19-34)20-35)46(43,44)27-14-11-25(36)12-15-27/h2-9,11-12,14-15,19-20,26,30,34,40H,10,13,16-18,21,35-36H2,1H3,(H,37,41)(H,38,42)/b22-20+,34-19?/t26-,30-/m0/s1. The molecule has 0 spiro atoms. The fourth-order valence-corrected chi connectivity index (χ4v) is 6.68. The topological polar surface area (TPSA) is 201 Å². The smallest absolute Gasteiger partial charge is 0.407 e. The van der Waals surface area contributed by atoms with Crippen molar-refractivity contribution in [3.8, 4) is 0 Å². The molecule has 2 amide bonds. The minimum Gasteiger partial charge on any atom is -0.453 e. The van der Waals surface area contributed by atoms with Crippen LogP contribution < -0.4 is 22.1 Å². The van der Waals surface area contributed by atoms with Gasteiger partial charge in [-0.1, -0.05) is 48.0 Å². The second kappa shape index (κ2) is 17.3. The summed E-state index contributed by atoms with van der Waals surface area (Å²) in [6.45, 7) is -0.495. The average Bonchev–Trinajstić information content (AvgIpc) is 3.05. The van der Waals surface area contributed by atoms with E-state index in [0.717, 1.165) is 6.21 Å². The summed E-state index contributed by atoms with van der Waals surface area (Å²) in [6, 6.07) is 18.0. The van der Waals surface area contributed by atoms with Crippen molar-refractivity contribution in [3.63, 3.8) is 0 Å². The summed E-state index contributed by atoms with van der Waals surface area (Å²) in [5, 5.41) is 23.5. The van der Waals surface area contributed by atoms with Gasteiger partial charge in [0.25, 0.3) is 0 Å². The number of nitrogen functional groups attached to an aromatic ring is 1. The van der Waals surface area contributed by atoms with Crippen LogP contribution in [0, 0.1) is 5.41 Å². The van der Waals surface area contributed by atoms with E-state index in [1.165, 1.54) is 41.9 Å². The zero-order valence-electron chi connectivity index (χ0n) is 25.4. The van der Waals surface area contributed by atoms with Gasteiger partial charge in [0.05, 0.1) is 12.0 Å². The third-order valence-electron chi connectivity index (χ3n) is 7.29. The van der Waals surface area contributed by atoms with E-state index in [2.05, 4.69) is 10.6 Å². The number of para-hydroxylation sites is 1. The molecule has 3 rings (SSSR count). The highest BCUT2D eigenvalue weighted by Gasteiger charge is 2.32. The van der Waals surface area contributed by atoms with E-state index in [0.29, 0.717) is 33.9 Å². The van der Waals surface area contributed by atoms with Crippen molar-refractivity contribution < 1.29 is 27.9 Å².